The van der Waals surface area contributed by atoms with Crippen LogP contribution in [0.2, 0.25) is 0 Å². The lowest BCUT2D eigenvalue weighted by Crippen LogP contribution is -2.23. The molecular formula is C9H11ClN2O5S3. The lowest BCUT2D eigenvalue weighted by Gasteiger charge is -2.06. The van der Waals surface area contributed by atoms with Gasteiger partial charge in [-0.05, 0) is 13.3 Å². The van der Waals surface area contributed by atoms with Gasteiger partial charge >= 0.3 is 0 Å². The molecule has 1 aliphatic heterocycles. The normalized spacial score (nSPS) is 21.8. The number of anilines is 1. The molecule has 7 nitrogen and oxygen atoms in total. The lowest BCUT2D eigenvalue weighted by atomic mass is 10.1. The number of aromatic nitrogens is 1. The molecule has 1 aromatic rings. The van der Waals surface area contributed by atoms with Crippen LogP contribution in [-0.4, -0.2) is 39.2 Å². The highest BCUT2D eigenvalue weighted by Crippen LogP contribution is 2.30. The first-order chi connectivity index (χ1) is 9.08. The SMILES string of the molecule is Cc1nc(NC(=O)C2CCS(=O)(=O)C2)sc1S(=O)(=O)Cl. The molecule has 1 aromatic heterocycles. The number of sulfone groups is 1. The summed E-state index contributed by atoms with van der Waals surface area (Å²) < 4.78 is 44.9. The van der Waals surface area contributed by atoms with Crippen molar-refractivity contribution >= 4 is 51.9 Å². The molecule has 1 N–H and O–H groups in total. The third-order valence-electron chi connectivity index (χ3n) is 2.81. The van der Waals surface area contributed by atoms with Crippen molar-refractivity contribution in [3.63, 3.8) is 0 Å². The van der Waals surface area contributed by atoms with Gasteiger partial charge in [-0.1, -0.05) is 11.3 Å². The minimum Gasteiger partial charge on any atom is -0.302 e. The Morgan fingerprint density at radius 3 is 2.60 bits per heavy atom. The predicted molar refractivity (Wildman–Crippen MR) is 75.3 cm³/mol. The number of carbonyl (C=O) groups excluding carboxylic acids is 1. The first kappa shape index (κ1) is 15.7. The van der Waals surface area contributed by atoms with Gasteiger partial charge in [0.2, 0.25) is 5.91 Å². The monoisotopic (exact) mass is 358 g/mol. The summed E-state index contributed by atoms with van der Waals surface area (Å²) in [4.78, 5) is 15.8. The van der Waals surface area contributed by atoms with Gasteiger partial charge in [-0.15, -0.1) is 0 Å². The van der Waals surface area contributed by atoms with E-state index in [1.165, 1.54) is 6.92 Å². The first-order valence-corrected chi connectivity index (χ1v) is 10.5. The molecule has 0 bridgehead atoms. The fraction of sp³-hybridized carbons (Fsp3) is 0.556. The van der Waals surface area contributed by atoms with E-state index in [2.05, 4.69) is 10.3 Å². The van der Waals surface area contributed by atoms with E-state index in [-0.39, 0.29) is 33.0 Å². The van der Waals surface area contributed by atoms with Crippen LogP contribution < -0.4 is 5.32 Å². The number of nitrogens with zero attached hydrogens (tertiary/aromatic N) is 1. The van der Waals surface area contributed by atoms with Crippen LogP contribution in [-0.2, 0) is 23.7 Å². The van der Waals surface area contributed by atoms with Crippen molar-refractivity contribution in [1.82, 2.24) is 4.98 Å². The van der Waals surface area contributed by atoms with Crippen molar-refractivity contribution in [2.45, 2.75) is 17.6 Å². The molecule has 1 aliphatic rings. The Bertz CT molecular complexity index is 753. The zero-order valence-corrected chi connectivity index (χ0v) is 13.5. The topological polar surface area (TPSA) is 110 Å². The van der Waals surface area contributed by atoms with Gasteiger partial charge in [-0.25, -0.2) is 21.8 Å². The second-order valence-corrected chi connectivity index (χ2v) is 10.4. The minimum atomic E-state index is -3.91. The maximum Gasteiger partial charge on any atom is 0.272 e. The Morgan fingerprint density at radius 1 is 1.50 bits per heavy atom. The van der Waals surface area contributed by atoms with E-state index in [1.807, 2.05) is 0 Å². The maximum absolute atomic E-state index is 11.9. The summed E-state index contributed by atoms with van der Waals surface area (Å²) in [7, 11) is -1.83. The summed E-state index contributed by atoms with van der Waals surface area (Å²) in [6, 6.07) is 0. The Morgan fingerprint density at radius 2 is 2.15 bits per heavy atom. The van der Waals surface area contributed by atoms with Crippen molar-refractivity contribution in [3.8, 4) is 0 Å². The highest BCUT2D eigenvalue weighted by atomic mass is 35.7. The summed E-state index contributed by atoms with van der Waals surface area (Å²) in [5.41, 5.74) is 0.194. The van der Waals surface area contributed by atoms with Crippen LogP contribution >= 0.6 is 22.0 Å². The molecule has 0 saturated carbocycles. The van der Waals surface area contributed by atoms with Crippen LogP contribution in [0.15, 0.2) is 4.21 Å². The number of rotatable bonds is 3. The second-order valence-electron chi connectivity index (χ2n) is 4.42. The average Bonchev–Trinajstić information content (AvgIpc) is 2.81. The van der Waals surface area contributed by atoms with Crippen LogP contribution in [0.1, 0.15) is 12.1 Å². The number of amides is 1. The summed E-state index contributed by atoms with van der Waals surface area (Å²) >= 11 is 0.741. The molecule has 11 heteroatoms. The number of aryl methyl sites for hydroxylation is 1. The van der Waals surface area contributed by atoms with Crippen LogP contribution in [0.5, 0.6) is 0 Å². The fourth-order valence-corrected chi connectivity index (χ4v) is 5.97. The molecule has 0 radical (unpaired) electrons. The summed E-state index contributed by atoms with van der Waals surface area (Å²) in [6.07, 6.45) is 0.263. The number of nitrogens with one attached hydrogen (secondary N) is 1. The van der Waals surface area contributed by atoms with Crippen LogP contribution in [0.3, 0.4) is 0 Å². The van der Waals surface area contributed by atoms with Crippen molar-refractivity contribution in [2.24, 2.45) is 5.92 Å². The van der Waals surface area contributed by atoms with Crippen LogP contribution in [0.4, 0.5) is 5.13 Å². The van der Waals surface area contributed by atoms with Crippen molar-refractivity contribution in [1.29, 1.82) is 0 Å². The van der Waals surface area contributed by atoms with Gasteiger partial charge in [-0.2, -0.15) is 0 Å². The Kier molecular flexibility index (Phi) is 4.11. The van der Waals surface area contributed by atoms with Crippen LogP contribution in [0.25, 0.3) is 0 Å². The molecule has 112 valence electrons. The van der Waals surface area contributed by atoms with E-state index >= 15 is 0 Å². The fourth-order valence-electron chi connectivity index (χ4n) is 1.87. The van der Waals surface area contributed by atoms with Crippen molar-refractivity contribution < 1.29 is 21.6 Å². The number of hydrogen-bond acceptors (Lipinski definition) is 7. The average molecular weight is 359 g/mol. The third kappa shape index (κ3) is 3.48. The third-order valence-corrected chi connectivity index (χ3v) is 7.83. The maximum atomic E-state index is 11.9. The second kappa shape index (κ2) is 5.24. The van der Waals surface area contributed by atoms with Crippen molar-refractivity contribution in [3.05, 3.63) is 5.69 Å². The van der Waals surface area contributed by atoms with E-state index in [4.69, 9.17) is 10.7 Å². The Hall–Kier alpha value is -0.710. The minimum absolute atomic E-state index is 0.0106. The van der Waals surface area contributed by atoms with E-state index in [1.54, 1.807) is 0 Å². The largest absolute Gasteiger partial charge is 0.302 e. The van der Waals surface area contributed by atoms with Crippen LogP contribution in [0, 0.1) is 12.8 Å². The van der Waals surface area contributed by atoms with Gasteiger partial charge in [0.15, 0.2) is 19.2 Å². The molecule has 1 saturated heterocycles. The molecule has 2 rings (SSSR count). The zero-order valence-electron chi connectivity index (χ0n) is 10.3. The summed E-state index contributed by atoms with van der Waals surface area (Å²) in [5, 5.41) is 2.53. The zero-order chi connectivity index (χ0) is 15.1. The molecule has 20 heavy (non-hydrogen) atoms. The lowest BCUT2D eigenvalue weighted by molar-refractivity contribution is -0.119. The summed E-state index contributed by atoms with van der Waals surface area (Å²) in [5.74, 6) is -1.30. The van der Waals surface area contributed by atoms with Gasteiger partial charge in [0, 0.05) is 10.7 Å². The molecule has 1 unspecified atom stereocenters. The molecule has 1 fully saturated rings. The predicted octanol–water partition coefficient (Wildman–Crippen LogP) is 0.752. The highest BCUT2D eigenvalue weighted by Gasteiger charge is 2.33. The molecular weight excluding hydrogens is 348 g/mol. The van der Waals surface area contributed by atoms with E-state index in [9.17, 15) is 21.6 Å². The van der Waals surface area contributed by atoms with Gasteiger partial charge in [0.05, 0.1) is 23.1 Å². The summed E-state index contributed by atoms with van der Waals surface area (Å²) in [6.45, 7) is 1.46. The molecule has 0 aromatic carbocycles. The smallest absolute Gasteiger partial charge is 0.272 e. The number of hydrogen-bond donors (Lipinski definition) is 1. The first-order valence-electron chi connectivity index (χ1n) is 5.52. The molecule has 0 spiro atoms. The Balaban J connectivity index is 2.14. The molecule has 1 atom stereocenters. The number of halogens is 1. The molecule has 1 amide bonds. The molecule has 2 heterocycles. The van der Waals surface area contributed by atoms with E-state index in [0.29, 0.717) is 0 Å². The van der Waals surface area contributed by atoms with Gasteiger partial charge in [-0.3, -0.25) is 4.79 Å². The van der Waals surface area contributed by atoms with Crippen molar-refractivity contribution in [2.75, 3.05) is 16.8 Å². The Labute approximate surface area is 124 Å². The standard InChI is InChI=1S/C9H11ClN2O5S3/c1-5-8(20(10,16)17)18-9(11-5)12-7(13)6-2-3-19(14,15)4-6/h6H,2-4H2,1H3,(H,11,12,13). The van der Waals surface area contributed by atoms with Gasteiger partial charge < -0.3 is 5.32 Å². The quantitative estimate of drug-likeness (QED) is 0.798. The van der Waals surface area contributed by atoms with E-state index in [0.717, 1.165) is 11.3 Å². The number of carbonyl (C=O) groups is 1. The number of thiazole rings is 1. The molecule has 0 aliphatic carbocycles. The van der Waals surface area contributed by atoms with E-state index < -0.39 is 30.7 Å². The van der Waals surface area contributed by atoms with Gasteiger partial charge in [0.25, 0.3) is 9.05 Å². The van der Waals surface area contributed by atoms with Gasteiger partial charge in [0.1, 0.15) is 0 Å². The highest BCUT2D eigenvalue weighted by molar-refractivity contribution is 8.15.